The number of hydrogen-bond donors (Lipinski definition) is 0. The van der Waals surface area contributed by atoms with Crippen LogP contribution in [0.15, 0.2) is 28.0 Å². The lowest BCUT2D eigenvalue weighted by atomic mass is 9.91. The lowest BCUT2D eigenvalue weighted by Gasteiger charge is -2.35. The van der Waals surface area contributed by atoms with E-state index in [2.05, 4.69) is 26.9 Å². The van der Waals surface area contributed by atoms with Crippen molar-refractivity contribution in [1.29, 1.82) is 0 Å². The number of amides is 1. The Morgan fingerprint density at radius 2 is 2.08 bits per heavy atom. The third kappa shape index (κ3) is 3.34. The summed E-state index contributed by atoms with van der Waals surface area (Å²) < 4.78 is 16.3. The van der Waals surface area contributed by atoms with Gasteiger partial charge in [-0.15, -0.1) is 0 Å². The van der Waals surface area contributed by atoms with E-state index in [9.17, 15) is 4.79 Å². The number of fused-ring (bicyclic) bond motifs is 2. The largest absolute Gasteiger partial charge is 0.459 e. The number of nitrogens with zero attached hydrogens (tertiary/aromatic N) is 3. The van der Waals surface area contributed by atoms with Crippen LogP contribution in [0.4, 0.5) is 4.79 Å². The molecular weight excluding hydrogens is 338 g/mol. The molecule has 2 atom stereocenters. The second kappa shape index (κ2) is 6.20. The van der Waals surface area contributed by atoms with Gasteiger partial charge in [0.25, 0.3) is 0 Å². The van der Waals surface area contributed by atoms with Crippen LogP contribution in [0.1, 0.15) is 33.6 Å². The van der Waals surface area contributed by atoms with Crippen molar-refractivity contribution in [2.75, 3.05) is 19.6 Å². The Bertz CT molecular complexity index is 697. The molecule has 0 bridgehead atoms. The fourth-order valence-corrected chi connectivity index (χ4v) is 4.98. The van der Waals surface area contributed by atoms with Crippen LogP contribution in [0.3, 0.4) is 0 Å². The van der Waals surface area contributed by atoms with E-state index in [1.54, 1.807) is 0 Å². The maximum absolute atomic E-state index is 12.2. The number of hydrogen-bond acceptors (Lipinski definition) is 5. The summed E-state index contributed by atoms with van der Waals surface area (Å²) in [5.41, 5.74) is -0.443. The van der Waals surface area contributed by atoms with Gasteiger partial charge < -0.3 is 14.4 Å². The van der Waals surface area contributed by atoms with E-state index in [1.165, 1.54) is 4.99 Å². The van der Waals surface area contributed by atoms with Gasteiger partial charge >= 0.3 is 12.1 Å². The maximum Gasteiger partial charge on any atom is 0.410 e. The molecule has 136 valence electrons. The second-order valence-corrected chi connectivity index (χ2v) is 9.29. The molecule has 0 aromatic rings. The maximum atomic E-state index is 12.2. The van der Waals surface area contributed by atoms with Crippen molar-refractivity contribution in [2.45, 2.75) is 45.3 Å². The van der Waals surface area contributed by atoms with Gasteiger partial charge in [0.05, 0.1) is 11.5 Å². The molecule has 0 spiro atoms. The van der Waals surface area contributed by atoms with Gasteiger partial charge in [0.1, 0.15) is 11.7 Å². The molecule has 0 aliphatic carbocycles. The molecule has 4 aliphatic rings. The highest BCUT2D eigenvalue weighted by atomic mass is 32.2. The van der Waals surface area contributed by atoms with E-state index in [4.69, 9.17) is 9.47 Å². The summed E-state index contributed by atoms with van der Waals surface area (Å²) in [7, 11) is -0.167. The van der Waals surface area contributed by atoms with E-state index in [-0.39, 0.29) is 22.9 Å². The molecule has 25 heavy (non-hydrogen) atoms. The number of piperidine rings is 1. The van der Waals surface area contributed by atoms with Gasteiger partial charge in [-0.2, -0.15) is 4.40 Å². The molecule has 0 aromatic heterocycles. The van der Waals surface area contributed by atoms with Crippen molar-refractivity contribution in [1.82, 2.24) is 9.80 Å². The normalized spacial score (nSPS) is 28.6. The van der Waals surface area contributed by atoms with Gasteiger partial charge in [-0.25, -0.2) is 4.79 Å². The molecule has 2 fully saturated rings. The van der Waals surface area contributed by atoms with Crippen LogP contribution in [0.5, 0.6) is 0 Å². The van der Waals surface area contributed by atoms with Crippen molar-refractivity contribution >= 4 is 27.8 Å². The number of allylic oxidation sites excluding steroid dienone is 2. The summed E-state index contributed by atoms with van der Waals surface area (Å²) >= 11 is 0. The van der Waals surface area contributed by atoms with Crippen molar-refractivity contribution in [3.8, 4) is 0 Å². The first-order valence-corrected chi connectivity index (χ1v) is 10.1. The molecule has 4 heterocycles. The standard InChI is InChI=1S/C18H25N3O3S/c1-18(2,3)24-17(22)20-9-7-13(8-10-20)14-12-21-15-6-4-5-11-25(15)19-16(21)23-14/h4-6,11,13-14H,7-10,12H2,1-3H3. The highest BCUT2D eigenvalue weighted by Gasteiger charge is 2.41. The summed E-state index contributed by atoms with van der Waals surface area (Å²) in [6.07, 6.45) is 8.09. The number of carbonyl (C=O) groups excluding carboxylic acids is 1. The van der Waals surface area contributed by atoms with Crippen LogP contribution >= 0.6 is 10.7 Å². The first kappa shape index (κ1) is 16.7. The second-order valence-electron chi connectivity index (χ2n) is 7.79. The van der Waals surface area contributed by atoms with Crippen LogP contribution in [-0.2, 0) is 9.47 Å². The zero-order chi connectivity index (χ0) is 17.6. The van der Waals surface area contributed by atoms with Gasteiger partial charge in [0.15, 0.2) is 0 Å². The fraction of sp³-hybridized carbons (Fsp3) is 0.611. The molecule has 7 heteroatoms. The zero-order valence-corrected chi connectivity index (χ0v) is 15.8. The van der Waals surface area contributed by atoms with Gasteiger partial charge in [0.2, 0.25) is 0 Å². The van der Waals surface area contributed by atoms with Crippen molar-refractivity contribution in [3.63, 3.8) is 0 Å². The molecule has 1 amide bonds. The molecule has 2 unspecified atom stereocenters. The van der Waals surface area contributed by atoms with Gasteiger partial charge in [-0.3, -0.25) is 4.90 Å². The summed E-state index contributed by atoms with van der Waals surface area (Å²) in [4.78, 5) is 17.5. The number of amidine groups is 1. The quantitative estimate of drug-likeness (QED) is 0.672. The third-order valence-electron chi connectivity index (χ3n) is 4.78. The topological polar surface area (TPSA) is 54.4 Å². The zero-order valence-electron chi connectivity index (χ0n) is 15.0. The Balaban J connectivity index is 1.32. The molecule has 0 aromatic carbocycles. The van der Waals surface area contributed by atoms with E-state index in [0.717, 1.165) is 38.5 Å². The average molecular weight is 363 g/mol. The Morgan fingerprint density at radius 1 is 1.32 bits per heavy atom. The molecular formula is C18H25N3O3S. The van der Waals surface area contributed by atoms with Crippen LogP contribution in [-0.4, -0.2) is 58.2 Å². The molecule has 4 rings (SSSR count). The van der Waals surface area contributed by atoms with Crippen LogP contribution in [0, 0.1) is 5.92 Å². The predicted molar refractivity (Wildman–Crippen MR) is 100 cm³/mol. The molecule has 0 saturated carbocycles. The van der Waals surface area contributed by atoms with E-state index in [1.807, 2.05) is 31.7 Å². The summed E-state index contributed by atoms with van der Waals surface area (Å²) in [6, 6.07) is 0.772. The minimum atomic E-state index is -0.443. The smallest absolute Gasteiger partial charge is 0.410 e. The van der Waals surface area contributed by atoms with E-state index >= 15 is 0 Å². The predicted octanol–water partition coefficient (Wildman–Crippen LogP) is 3.10. The van der Waals surface area contributed by atoms with Crippen molar-refractivity contribution < 1.29 is 14.3 Å². The van der Waals surface area contributed by atoms with Gasteiger partial charge in [0, 0.05) is 19.0 Å². The number of rotatable bonds is 1. The highest BCUT2D eigenvalue weighted by Crippen LogP contribution is 2.37. The van der Waals surface area contributed by atoms with Gasteiger partial charge in [-0.1, -0.05) is 12.2 Å². The third-order valence-corrected chi connectivity index (χ3v) is 6.33. The molecule has 2 saturated heterocycles. The van der Waals surface area contributed by atoms with E-state index in [0.29, 0.717) is 5.92 Å². The fourth-order valence-electron chi connectivity index (χ4n) is 3.54. The van der Waals surface area contributed by atoms with Crippen molar-refractivity contribution in [2.24, 2.45) is 10.3 Å². The van der Waals surface area contributed by atoms with E-state index < -0.39 is 5.60 Å². The minimum absolute atomic E-state index is 0.164. The molecule has 6 nitrogen and oxygen atoms in total. The van der Waals surface area contributed by atoms with Crippen LogP contribution in [0.25, 0.3) is 0 Å². The highest BCUT2D eigenvalue weighted by molar-refractivity contribution is 8.18. The molecule has 4 aliphatic heterocycles. The first-order chi connectivity index (χ1) is 11.9. The Morgan fingerprint density at radius 3 is 2.80 bits per heavy atom. The Kier molecular flexibility index (Phi) is 4.14. The van der Waals surface area contributed by atoms with Crippen molar-refractivity contribution in [3.05, 3.63) is 23.6 Å². The molecule has 0 radical (unpaired) electrons. The first-order valence-electron chi connectivity index (χ1n) is 8.86. The summed E-state index contributed by atoms with van der Waals surface area (Å²) in [6.45, 7) is 8.03. The number of likely N-dealkylation sites (tertiary alicyclic amines) is 1. The van der Waals surface area contributed by atoms with Crippen LogP contribution in [0.2, 0.25) is 0 Å². The Hall–Kier alpha value is -1.76. The van der Waals surface area contributed by atoms with Crippen LogP contribution < -0.4 is 0 Å². The molecule has 0 N–H and O–H groups in total. The van der Waals surface area contributed by atoms with Gasteiger partial charge in [-0.05, 0) is 55.8 Å². The number of ether oxygens (including phenoxy) is 2. The Labute approximate surface area is 151 Å². The summed E-state index contributed by atoms with van der Waals surface area (Å²) in [5, 5.41) is 2.12. The average Bonchev–Trinajstić information content (AvgIpc) is 3.11. The minimum Gasteiger partial charge on any atom is -0.459 e. The SMILES string of the molecule is CC(C)(C)OC(=O)N1CCC(C2CN3C(=NS4=C3C=CC=C4)O2)CC1. The lowest BCUT2D eigenvalue weighted by molar-refractivity contribution is 0.0122. The summed E-state index contributed by atoms with van der Waals surface area (Å²) in [5.74, 6) is 0.456. The number of carbonyl (C=O) groups is 1. The monoisotopic (exact) mass is 363 g/mol. The lowest BCUT2D eigenvalue weighted by Crippen LogP contribution is -2.44.